The van der Waals surface area contributed by atoms with Crippen LogP contribution in [0.25, 0.3) is 0 Å². The monoisotopic (exact) mass is 254 g/mol. The fraction of sp³-hybridized carbons (Fsp3) is 0.571. The second-order valence-electron chi connectivity index (χ2n) is 4.07. The molecule has 0 aliphatic carbocycles. The molecular formula is C14H22O4. The highest BCUT2D eigenvalue weighted by molar-refractivity contribution is 5.16. The summed E-state index contributed by atoms with van der Waals surface area (Å²) in [7, 11) is 6.46. The minimum Gasteiger partial charge on any atom is -0.379 e. The Labute approximate surface area is 109 Å². The molecule has 0 radical (unpaired) electrons. The second-order valence-corrected chi connectivity index (χ2v) is 4.07. The second kappa shape index (κ2) is 7.48. The van der Waals surface area contributed by atoms with Gasteiger partial charge in [0.15, 0.2) is 0 Å². The van der Waals surface area contributed by atoms with Gasteiger partial charge in [-0.15, -0.1) is 0 Å². The Hall–Kier alpha value is -0.940. The molecule has 102 valence electrons. The number of hydrogen-bond donors (Lipinski definition) is 0. The molecule has 0 amide bonds. The van der Waals surface area contributed by atoms with Crippen LogP contribution in [-0.2, 0) is 25.4 Å². The number of methoxy groups -OCH3 is 4. The Balaban J connectivity index is 2.85. The average Bonchev–Trinajstić information content (AvgIpc) is 2.44. The van der Waals surface area contributed by atoms with Crippen molar-refractivity contribution >= 4 is 0 Å². The first-order valence-electron chi connectivity index (χ1n) is 5.88. The van der Waals surface area contributed by atoms with Crippen molar-refractivity contribution in [3.05, 3.63) is 35.9 Å². The van der Waals surface area contributed by atoms with Crippen molar-refractivity contribution in [3.63, 3.8) is 0 Å². The van der Waals surface area contributed by atoms with Gasteiger partial charge < -0.3 is 18.9 Å². The lowest BCUT2D eigenvalue weighted by molar-refractivity contribution is -0.282. The molecule has 0 N–H and O–H groups in total. The smallest absolute Gasteiger partial charge is 0.218 e. The topological polar surface area (TPSA) is 36.9 Å². The molecule has 0 aliphatic rings. The lowest BCUT2D eigenvalue weighted by Crippen LogP contribution is -2.51. The Morgan fingerprint density at radius 1 is 1.00 bits per heavy atom. The minimum atomic E-state index is -0.890. The van der Waals surface area contributed by atoms with Crippen molar-refractivity contribution < 1.29 is 18.9 Å². The van der Waals surface area contributed by atoms with Crippen LogP contribution in [0.3, 0.4) is 0 Å². The lowest BCUT2D eigenvalue weighted by atomic mass is 10.0. The number of ether oxygens (including phenoxy) is 4. The van der Waals surface area contributed by atoms with E-state index in [0.29, 0.717) is 13.0 Å². The van der Waals surface area contributed by atoms with Crippen LogP contribution in [0.5, 0.6) is 0 Å². The van der Waals surface area contributed by atoms with Crippen LogP contribution in [-0.4, -0.2) is 46.9 Å². The molecule has 18 heavy (non-hydrogen) atoms. The molecule has 1 unspecified atom stereocenters. The van der Waals surface area contributed by atoms with Crippen molar-refractivity contribution in [2.45, 2.75) is 18.3 Å². The van der Waals surface area contributed by atoms with Gasteiger partial charge in [0.1, 0.15) is 12.7 Å². The van der Waals surface area contributed by atoms with Crippen LogP contribution in [0.1, 0.15) is 5.56 Å². The highest BCUT2D eigenvalue weighted by Crippen LogP contribution is 2.23. The van der Waals surface area contributed by atoms with Crippen LogP contribution in [0.4, 0.5) is 0 Å². The van der Waals surface area contributed by atoms with Gasteiger partial charge in [-0.2, -0.15) is 0 Å². The third kappa shape index (κ3) is 3.53. The van der Waals surface area contributed by atoms with Gasteiger partial charge in [0.05, 0.1) is 0 Å². The van der Waals surface area contributed by atoms with Crippen LogP contribution >= 0.6 is 0 Å². The van der Waals surface area contributed by atoms with Gasteiger partial charge in [0.25, 0.3) is 0 Å². The number of benzene rings is 1. The molecular weight excluding hydrogens is 232 g/mol. The maximum atomic E-state index is 5.52. The maximum absolute atomic E-state index is 5.52. The van der Waals surface area contributed by atoms with Gasteiger partial charge in [0.2, 0.25) is 5.79 Å². The van der Waals surface area contributed by atoms with Crippen LogP contribution < -0.4 is 0 Å². The highest BCUT2D eigenvalue weighted by Gasteiger charge is 2.40. The Kier molecular flexibility index (Phi) is 6.29. The molecule has 4 nitrogen and oxygen atoms in total. The van der Waals surface area contributed by atoms with Gasteiger partial charge >= 0.3 is 0 Å². The zero-order valence-electron chi connectivity index (χ0n) is 11.5. The SMILES string of the molecule is COCC(OC)(OC)C(Cc1ccccc1)OC. The molecule has 0 saturated carbocycles. The Morgan fingerprint density at radius 2 is 1.61 bits per heavy atom. The van der Waals surface area contributed by atoms with Crippen molar-refractivity contribution in [1.82, 2.24) is 0 Å². The molecule has 1 rings (SSSR count). The van der Waals surface area contributed by atoms with Gasteiger partial charge in [-0.05, 0) is 5.56 Å². The van der Waals surface area contributed by atoms with Gasteiger partial charge in [-0.1, -0.05) is 30.3 Å². The van der Waals surface area contributed by atoms with Gasteiger partial charge in [-0.25, -0.2) is 0 Å². The largest absolute Gasteiger partial charge is 0.379 e. The summed E-state index contributed by atoms with van der Waals surface area (Å²) in [5.74, 6) is -0.890. The van der Waals surface area contributed by atoms with Crippen LogP contribution in [0, 0.1) is 0 Å². The van der Waals surface area contributed by atoms with E-state index in [2.05, 4.69) is 12.1 Å². The first-order chi connectivity index (χ1) is 8.72. The molecule has 0 bridgehead atoms. The fourth-order valence-corrected chi connectivity index (χ4v) is 2.00. The molecule has 0 heterocycles. The minimum absolute atomic E-state index is 0.241. The molecule has 1 aromatic rings. The van der Waals surface area contributed by atoms with E-state index in [-0.39, 0.29) is 6.10 Å². The standard InChI is InChI=1S/C14H22O4/c1-15-11-14(17-3,18-4)13(16-2)10-12-8-6-5-7-9-12/h5-9,13H,10-11H2,1-4H3. The number of hydrogen-bond acceptors (Lipinski definition) is 4. The fourth-order valence-electron chi connectivity index (χ4n) is 2.00. The summed E-state index contributed by atoms with van der Waals surface area (Å²) < 4.78 is 21.7. The van der Waals surface area contributed by atoms with Crippen LogP contribution in [0.2, 0.25) is 0 Å². The third-order valence-electron chi connectivity index (χ3n) is 3.08. The molecule has 0 aromatic heterocycles. The van der Waals surface area contributed by atoms with Crippen molar-refractivity contribution in [2.75, 3.05) is 35.0 Å². The molecule has 0 saturated heterocycles. The molecule has 1 atom stereocenters. The Bertz CT molecular complexity index is 322. The van der Waals surface area contributed by atoms with E-state index < -0.39 is 5.79 Å². The van der Waals surface area contributed by atoms with Crippen molar-refractivity contribution in [3.8, 4) is 0 Å². The number of rotatable bonds is 8. The van der Waals surface area contributed by atoms with E-state index in [9.17, 15) is 0 Å². The lowest BCUT2D eigenvalue weighted by Gasteiger charge is -2.36. The summed E-state index contributed by atoms with van der Waals surface area (Å²) in [6.07, 6.45) is 0.456. The van der Waals surface area contributed by atoms with Crippen LogP contribution in [0.15, 0.2) is 30.3 Å². The highest BCUT2D eigenvalue weighted by atomic mass is 16.7. The summed E-state index contributed by atoms with van der Waals surface area (Å²) in [5.41, 5.74) is 1.17. The molecule has 4 heteroatoms. The zero-order valence-corrected chi connectivity index (χ0v) is 11.5. The van der Waals surface area contributed by atoms with E-state index in [1.807, 2.05) is 18.2 Å². The first-order valence-corrected chi connectivity index (χ1v) is 5.88. The average molecular weight is 254 g/mol. The first kappa shape index (κ1) is 15.1. The summed E-state index contributed by atoms with van der Waals surface area (Å²) in [5, 5.41) is 0. The maximum Gasteiger partial charge on any atom is 0.218 e. The molecule has 0 spiro atoms. The van der Waals surface area contributed by atoms with E-state index in [1.54, 1.807) is 28.4 Å². The summed E-state index contributed by atoms with van der Waals surface area (Å²) in [6.45, 7) is 0.311. The van der Waals surface area contributed by atoms with Gasteiger partial charge in [0, 0.05) is 34.9 Å². The summed E-state index contributed by atoms with van der Waals surface area (Å²) in [4.78, 5) is 0. The summed E-state index contributed by atoms with van der Waals surface area (Å²) in [6, 6.07) is 10.1. The Morgan fingerprint density at radius 3 is 2.06 bits per heavy atom. The molecule has 0 fully saturated rings. The zero-order chi connectivity index (χ0) is 13.4. The molecule has 0 aliphatic heterocycles. The predicted molar refractivity (Wildman–Crippen MR) is 69.6 cm³/mol. The summed E-state index contributed by atoms with van der Waals surface area (Å²) >= 11 is 0. The predicted octanol–water partition coefficient (Wildman–Crippen LogP) is 1.88. The van der Waals surface area contributed by atoms with E-state index in [1.165, 1.54) is 5.56 Å². The van der Waals surface area contributed by atoms with Crippen molar-refractivity contribution in [2.24, 2.45) is 0 Å². The van der Waals surface area contributed by atoms with E-state index >= 15 is 0 Å². The van der Waals surface area contributed by atoms with Gasteiger partial charge in [-0.3, -0.25) is 0 Å². The molecule has 1 aromatic carbocycles. The van der Waals surface area contributed by atoms with E-state index in [4.69, 9.17) is 18.9 Å². The van der Waals surface area contributed by atoms with Crippen molar-refractivity contribution in [1.29, 1.82) is 0 Å². The normalized spacial score (nSPS) is 13.6. The quantitative estimate of drug-likeness (QED) is 0.664. The van der Waals surface area contributed by atoms with E-state index in [0.717, 1.165) is 0 Å². The third-order valence-corrected chi connectivity index (χ3v) is 3.08.